The molecule has 1 aromatic carbocycles. The Bertz CT molecular complexity index is 752. The van der Waals surface area contributed by atoms with E-state index in [2.05, 4.69) is 9.80 Å². The molecule has 30 heavy (non-hydrogen) atoms. The summed E-state index contributed by atoms with van der Waals surface area (Å²) in [4.78, 5) is 31.6. The molecule has 0 radical (unpaired) electrons. The van der Waals surface area contributed by atoms with E-state index in [1.807, 2.05) is 30.3 Å². The smallest absolute Gasteiger partial charge is 0.328 e. The molecule has 1 amide bonds. The molecule has 1 saturated carbocycles. The molecule has 1 aromatic rings. The molecule has 2 aliphatic heterocycles. The number of ether oxygens (including phenoxy) is 1. The largest absolute Gasteiger partial charge is 0.467 e. The lowest BCUT2D eigenvalue weighted by molar-refractivity contribution is -0.153. The van der Waals surface area contributed by atoms with Gasteiger partial charge in [0.25, 0.3) is 0 Å². The van der Waals surface area contributed by atoms with Crippen LogP contribution >= 0.6 is 0 Å². The minimum absolute atomic E-state index is 0.000515. The SMILES string of the molecule is COC(=O)C(CCN1CCC2(CC2)C(O)C1)N1CCN(c2ccccc2)CCC1=O. The summed E-state index contributed by atoms with van der Waals surface area (Å²) >= 11 is 0. The van der Waals surface area contributed by atoms with E-state index in [9.17, 15) is 14.7 Å². The lowest BCUT2D eigenvalue weighted by Crippen LogP contribution is -2.50. The van der Waals surface area contributed by atoms with Crippen molar-refractivity contribution in [3.63, 3.8) is 0 Å². The molecule has 1 aliphatic carbocycles. The van der Waals surface area contributed by atoms with Crippen molar-refractivity contribution >= 4 is 17.6 Å². The number of β-amino-alcohol motifs (C(OH)–C–C–N with tert-alkyl or cyclic N) is 1. The van der Waals surface area contributed by atoms with Crippen LogP contribution in [0.25, 0.3) is 0 Å². The number of benzene rings is 1. The monoisotopic (exact) mass is 415 g/mol. The average Bonchev–Trinajstić information content (AvgIpc) is 3.57. The van der Waals surface area contributed by atoms with Crippen molar-refractivity contribution in [2.24, 2.45) is 5.41 Å². The van der Waals surface area contributed by atoms with Gasteiger partial charge in [-0.2, -0.15) is 0 Å². The number of hydrogen-bond donors (Lipinski definition) is 1. The third kappa shape index (κ3) is 4.47. The molecule has 2 heterocycles. The third-order valence-corrected chi connectivity index (χ3v) is 7.17. The molecule has 0 bridgehead atoms. The maximum Gasteiger partial charge on any atom is 0.328 e. The number of esters is 1. The number of rotatable bonds is 6. The Morgan fingerprint density at radius 3 is 2.60 bits per heavy atom. The van der Waals surface area contributed by atoms with Crippen molar-refractivity contribution < 1.29 is 19.4 Å². The molecule has 7 nitrogen and oxygen atoms in total. The van der Waals surface area contributed by atoms with Gasteiger partial charge < -0.3 is 24.5 Å². The second-order valence-electron chi connectivity index (χ2n) is 8.92. The average molecular weight is 416 g/mol. The Hall–Kier alpha value is -2.12. The summed E-state index contributed by atoms with van der Waals surface area (Å²) in [5, 5.41) is 10.5. The second-order valence-corrected chi connectivity index (χ2v) is 8.92. The number of hydrogen-bond acceptors (Lipinski definition) is 6. The summed E-state index contributed by atoms with van der Waals surface area (Å²) in [6, 6.07) is 9.49. The van der Waals surface area contributed by atoms with Crippen LogP contribution in [0.5, 0.6) is 0 Å². The zero-order chi connectivity index (χ0) is 21.1. The van der Waals surface area contributed by atoms with Gasteiger partial charge in [-0.3, -0.25) is 4.79 Å². The Morgan fingerprint density at radius 2 is 1.93 bits per heavy atom. The number of aliphatic hydroxyl groups excluding tert-OH is 1. The Morgan fingerprint density at radius 1 is 1.17 bits per heavy atom. The molecule has 7 heteroatoms. The molecular weight excluding hydrogens is 382 g/mol. The number of carbonyl (C=O) groups excluding carboxylic acids is 2. The highest BCUT2D eigenvalue weighted by atomic mass is 16.5. The molecular formula is C23H33N3O4. The number of para-hydroxylation sites is 1. The van der Waals surface area contributed by atoms with Gasteiger partial charge in [-0.15, -0.1) is 0 Å². The van der Waals surface area contributed by atoms with E-state index in [4.69, 9.17) is 4.74 Å². The summed E-state index contributed by atoms with van der Waals surface area (Å²) in [5.41, 5.74) is 1.26. The predicted octanol–water partition coefficient (Wildman–Crippen LogP) is 1.50. The summed E-state index contributed by atoms with van der Waals surface area (Å²) in [6.07, 6.45) is 3.92. The van der Waals surface area contributed by atoms with E-state index in [1.54, 1.807) is 4.90 Å². The van der Waals surface area contributed by atoms with Crippen molar-refractivity contribution in [2.45, 2.75) is 44.2 Å². The maximum atomic E-state index is 12.9. The maximum absolute atomic E-state index is 12.9. The molecule has 3 fully saturated rings. The molecule has 2 atom stereocenters. The van der Waals surface area contributed by atoms with Gasteiger partial charge in [0.05, 0.1) is 13.2 Å². The van der Waals surface area contributed by atoms with E-state index >= 15 is 0 Å². The number of piperidine rings is 1. The summed E-state index contributed by atoms with van der Waals surface area (Å²) in [6.45, 7) is 4.12. The second kappa shape index (κ2) is 8.94. The molecule has 4 rings (SSSR count). The van der Waals surface area contributed by atoms with Crippen LogP contribution in [0.2, 0.25) is 0 Å². The molecule has 3 aliphatic rings. The number of likely N-dealkylation sites (tertiary alicyclic amines) is 1. The van der Waals surface area contributed by atoms with E-state index in [0.29, 0.717) is 45.6 Å². The summed E-state index contributed by atoms with van der Waals surface area (Å²) < 4.78 is 5.06. The molecule has 1 N–H and O–H groups in total. The van der Waals surface area contributed by atoms with Crippen LogP contribution in [0.1, 0.15) is 32.1 Å². The van der Waals surface area contributed by atoms with Gasteiger partial charge in [0.1, 0.15) is 6.04 Å². The normalized spacial score (nSPS) is 25.1. The quantitative estimate of drug-likeness (QED) is 0.710. The number of anilines is 1. The number of nitrogens with zero attached hydrogens (tertiary/aromatic N) is 3. The Balaban J connectivity index is 1.38. The van der Waals surface area contributed by atoms with E-state index in [0.717, 1.165) is 31.5 Å². The van der Waals surface area contributed by atoms with Crippen LogP contribution in [-0.4, -0.2) is 85.3 Å². The van der Waals surface area contributed by atoms with Gasteiger partial charge in [0.2, 0.25) is 5.91 Å². The van der Waals surface area contributed by atoms with Gasteiger partial charge in [-0.1, -0.05) is 18.2 Å². The number of aliphatic hydroxyl groups is 1. The van der Waals surface area contributed by atoms with Crippen LogP contribution in [0.15, 0.2) is 30.3 Å². The third-order valence-electron chi connectivity index (χ3n) is 7.17. The van der Waals surface area contributed by atoms with Gasteiger partial charge in [-0.25, -0.2) is 4.79 Å². The number of amides is 1. The minimum Gasteiger partial charge on any atom is -0.467 e. The topological polar surface area (TPSA) is 73.3 Å². The molecule has 164 valence electrons. The zero-order valence-corrected chi connectivity index (χ0v) is 17.8. The van der Waals surface area contributed by atoms with Crippen LogP contribution in [0.3, 0.4) is 0 Å². The first-order valence-electron chi connectivity index (χ1n) is 11.1. The van der Waals surface area contributed by atoms with Crippen LogP contribution in [-0.2, 0) is 14.3 Å². The predicted molar refractivity (Wildman–Crippen MR) is 114 cm³/mol. The van der Waals surface area contributed by atoms with E-state index < -0.39 is 6.04 Å². The van der Waals surface area contributed by atoms with Gasteiger partial charge in [-0.05, 0) is 49.8 Å². The standard InChI is InChI=1S/C23H33N3O4/c1-30-22(29)19(7-12-24-14-11-23(9-10-23)20(27)17-24)26-16-15-25(13-8-21(26)28)18-5-3-2-4-6-18/h2-6,19-20,27H,7-17H2,1H3. The Labute approximate surface area is 178 Å². The first-order valence-corrected chi connectivity index (χ1v) is 11.1. The van der Waals surface area contributed by atoms with Crippen LogP contribution in [0, 0.1) is 5.41 Å². The fourth-order valence-electron chi connectivity index (χ4n) is 4.93. The van der Waals surface area contributed by atoms with Crippen molar-refractivity contribution in [3.05, 3.63) is 30.3 Å². The van der Waals surface area contributed by atoms with E-state index in [-0.39, 0.29) is 23.4 Å². The summed E-state index contributed by atoms with van der Waals surface area (Å²) in [5.74, 6) is -0.354. The molecule has 2 unspecified atom stereocenters. The number of carbonyl (C=O) groups is 2. The first kappa shape index (κ1) is 21.1. The van der Waals surface area contributed by atoms with Crippen molar-refractivity contribution in [2.75, 3.05) is 51.3 Å². The fraction of sp³-hybridized carbons (Fsp3) is 0.652. The number of methoxy groups -OCH3 is 1. The molecule has 0 aromatic heterocycles. The van der Waals surface area contributed by atoms with Crippen LogP contribution in [0.4, 0.5) is 5.69 Å². The lowest BCUT2D eigenvalue weighted by atomic mass is 9.90. The van der Waals surface area contributed by atoms with Gasteiger partial charge in [0, 0.05) is 44.8 Å². The Kier molecular flexibility index (Phi) is 6.29. The van der Waals surface area contributed by atoms with Crippen molar-refractivity contribution in [1.82, 2.24) is 9.80 Å². The van der Waals surface area contributed by atoms with Gasteiger partial charge in [0.15, 0.2) is 0 Å². The fourth-order valence-corrected chi connectivity index (χ4v) is 4.93. The lowest BCUT2D eigenvalue weighted by Gasteiger charge is -2.37. The van der Waals surface area contributed by atoms with Crippen molar-refractivity contribution in [1.29, 1.82) is 0 Å². The highest BCUT2D eigenvalue weighted by molar-refractivity contribution is 5.85. The first-order chi connectivity index (χ1) is 14.5. The highest BCUT2D eigenvalue weighted by Crippen LogP contribution is 2.53. The summed E-state index contributed by atoms with van der Waals surface area (Å²) in [7, 11) is 1.38. The minimum atomic E-state index is -0.577. The van der Waals surface area contributed by atoms with Crippen LogP contribution < -0.4 is 4.90 Å². The van der Waals surface area contributed by atoms with Crippen molar-refractivity contribution in [3.8, 4) is 0 Å². The van der Waals surface area contributed by atoms with E-state index in [1.165, 1.54) is 7.11 Å². The van der Waals surface area contributed by atoms with Gasteiger partial charge >= 0.3 is 5.97 Å². The highest BCUT2D eigenvalue weighted by Gasteiger charge is 2.51. The zero-order valence-electron chi connectivity index (χ0n) is 17.8. The molecule has 1 spiro atoms. The molecule has 2 saturated heterocycles.